The summed E-state index contributed by atoms with van der Waals surface area (Å²) < 4.78 is 8.29. The number of ether oxygens (including phenoxy) is 1. The molecule has 0 heterocycles. The van der Waals surface area contributed by atoms with E-state index < -0.39 is 12.3 Å². The summed E-state index contributed by atoms with van der Waals surface area (Å²) in [7, 11) is 1.25. The van der Waals surface area contributed by atoms with E-state index in [2.05, 4.69) is 13.8 Å². The van der Waals surface area contributed by atoms with Gasteiger partial charge in [-0.05, 0) is 16.4 Å². The lowest BCUT2D eigenvalue weighted by Gasteiger charge is -2.01. The molecule has 0 saturated carbocycles. The van der Waals surface area contributed by atoms with Gasteiger partial charge in [-0.25, -0.2) is 9.59 Å². The molecule has 0 fully saturated rings. The number of rotatable bonds is 4. The fourth-order valence-corrected chi connectivity index (χ4v) is 2.20. The highest BCUT2D eigenvalue weighted by Gasteiger charge is 2.13. The van der Waals surface area contributed by atoms with Crippen molar-refractivity contribution >= 4 is 34.2 Å². The molecule has 0 saturated heterocycles. The van der Waals surface area contributed by atoms with E-state index in [0.29, 0.717) is 5.75 Å². The molecule has 0 radical (unpaired) electrons. The summed E-state index contributed by atoms with van der Waals surface area (Å²) in [6.07, 6.45) is -2.79. The predicted molar refractivity (Wildman–Crippen MR) is 62.0 cm³/mol. The van der Waals surface area contributed by atoms with Gasteiger partial charge in [0.25, 0.3) is 0 Å². The molecule has 0 aromatic heterocycles. The highest BCUT2D eigenvalue weighted by molar-refractivity contribution is 8.74. The molecule has 0 spiro atoms. The van der Waals surface area contributed by atoms with Crippen LogP contribution in [0.3, 0.4) is 0 Å². The molecule has 92 valence electrons. The molecule has 1 aromatic rings. The molecule has 1 N–H and O–H groups in total. The lowest BCUT2D eigenvalue weighted by Crippen LogP contribution is -2.10. The maximum absolute atomic E-state index is 10.7. The molecule has 0 atom stereocenters. The maximum atomic E-state index is 10.7. The fraction of sp³-hybridized carbons (Fsp3) is 0.111. The Morgan fingerprint density at radius 1 is 1.18 bits per heavy atom. The number of carbonyl (C=O) groups excluding carboxylic acids is 2. The van der Waals surface area contributed by atoms with E-state index in [1.807, 2.05) is 30.3 Å². The van der Waals surface area contributed by atoms with Gasteiger partial charge in [-0.15, -0.1) is 0 Å². The van der Waals surface area contributed by atoms with Crippen LogP contribution in [0.25, 0.3) is 0 Å². The van der Waals surface area contributed by atoms with Crippen LogP contribution in [-0.4, -0.2) is 17.6 Å². The smallest absolute Gasteiger partial charge is 0.347 e. The SMILES string of the molecule is O=C(OO)OC(=O)OSSCc1ccccc1. The minimum absolute atomic E-state index is 0.628. The van der Waals surface area contributed by atoms with Gasteiger partial charge in [-0.2, -0.15) is 5.26 Å². The van der Waals surface area contributed by atoms with E-state index in [1.54, 1.807) is 0 Å². The van der Waals surface area contributed by atoms with Crippen molar-refractivity contribution in [3.63, 3.8) is 0 Å². The third kappa shape index (κ3) is 6.05. The summed E-state index contributed by atoms with van der Waals surface area (Å²) in [6.45, 7) is 0. The highest BCUT2D eigenvalue weighted by atomic mass is 33.1. The molecule has 0 aliphatic rings. The van der Waals surface area contributed by atoms with E-state index in [1.165, 1.54) is 10.8 Å². The first-order valence-electron chi connectivity index (χ1n) is 4.29. The molecule has 0 bridgehead atoms. The molecule has 1 aromatic carbocycles. The molecule has 17 heavy (non-hydrogen) atoms. The molecule has 0 amide bonds. The number of carbonyl (C=O) groups is 2. The quantitative estimate of drug-likeness (QED) is 0.171. The second-order valence-electron chi connectivity index (χ2n) is 2.59. The molecular weight excluding hydrogens is 268 g/mol. The van der Waals surface area contributed by atoms with Crippen LogP contribution in [0.5, 0.6) is 0 Å². The first-order chi connectivity index (χ1) is 8.22. The lowest BCUT2D eigenvalue weighted by atomic mass is 10.2. The van der Waals surface area contributed by atoms with Crippen molar-refractivity contribution in [3.8, 4) is 0 Å². The van der Waals surface area contributed by atoms with Gasteiger partial charge in [0, 0.05) is 5.75 Å². The predicted octanol–water partition coefficient (Wildman–Crippen LogP) is 3.25. The molecular formula is C9H8O6S2. The van der Waals surface area contributed by atoms with Crippen LogP contribution in [-0.2, 0) is 19.6 Å². The van der Waals surface area contributed by atoms with Crippen molar-refractivity contribution in [2.75, 3.05) is 0 Å². The second kappa shape index (κ2) is 7.82. The van der Waals surface area contributed by atoms with Crippen molar-refractivity contribution in [1.82, 2.24) is 0 Å². The largest absolute Gasteiger partial charge is 0.550 e. The first kappa shape index (κ1) is 13.7. The molecule has 8 heteroatoms. The normalized spacial score (nSPS) is 9.47. The zero-order valence-corrected chi connectivity index (χ0v) is 10.0. The van der Waals surface area contributed by atoms with Crippen molar-refractivity contribution < 1.29 is 28.7 Å². The van der Waals surface area contributed by atoms with E-state index >= 15 is 0 Å². The third-order valence-electron chi connectivity index (χ3n) is 1.46. The molecule has 0 aliphatic carbocycles. The van der Waals surface area contributed by atoms with Crippen molar-refractivity contribution in [1.29, 1.82) is 0 Å². The van der Waals surface area contributed by atoms with Gasteiger partial charge in [-0.3, -0.25) is 4.89 Å². The Kier molecular flexibility index (Phi) is 6.30. The Balaban J connectivity index is 2.12. The van der Waals surface area contributed by atoms with Gasteiger partial charge in [-0.1, -0.05) is 30.3 Å². The highest BCUT2D eigenvalue weighted by Crippen LogP contribution is 2.27. The fourth-order valence-electron chi connectivity index (χ4n) is 0.822. The minimum Gasteiger partial charge on any atom is -0.347 e. The van der Waals surface area contributed by atoms with Crippen LogP contribution < -0.4 is 0 Å². The topological polar surface area (TPSA) is 82.1 Å². The van der Waals surface area contributed by atoms with E-state index in [-0.39, 0.29) is 0 Å². The third-order valence-corrected chi connectivity index (χ3v) is 3.06. The van der Waals surface area contributed by atoms with E-state index in [9.17, 15) is 9.59 Å². The zero-order valence-electron chi connectivity index (χ0n) is 8.40. The first-order valence-corrected chi connectivity index (χ1v) is 6.54. The average molecular weight is 276 g/mol. The molecule has 0 aliphatic heterocycles. The van der Waals surface area contributed by atoms with Gasteiger partial charge in [0.15, 0.2) is 0 Å². The summed E-state index contributed by atoms with van der Waals surface area (Å²) in [5, 5.41) is 7.81. The van der Waals surface area contributed by atoms with Gasteiger partial charge < -0.3 is 8.92 Å². The van der Waals surface area contributed by atoms with Crippen molar-refractivity contribution in [2.24, 2.45) is 0 Å². The average Bonchev–Trinajstić information content (AvgIpc) is 2.36. The van der Waals surface area contributed by atoms with Crippen LogP contribution in [0.2, 0.25) is 0 Å². The summed E-state index contributed by atoms with van der Waals surface area (Å²) >= 11 is 0.761. The van der Waals surface area contributed by atoms with E-state index in [4.69, 9.17) is 5.26 Å². The number of hydrogen-bond acceptors (Lipinski definition) is 8. The Morgan fingerprint density at radius 3 is 2.53 bits per heavy atom. The van der Waals surface area contributed by atoms with Gasteiger partial charge in [0.05, 0.1) is 0 Å². The molecule has 0 unspecified atom stereocenters. The minimum atomic E-state index is -1.54. The number of benzene rings is 1. The second-order valence-corrected chi connectivity index (χ2v) is 4.53. The number of hydrogen-bond donors (Lipinski definition) is 1. The molecule has 6 nitrogen and oxygen atoms in total. The summed E-state index contributed by atoms with van der Waals surface area (Å²) in [5.74, 6) is 0.628. The standard InChI is InChI=1S/C9H8O6S2/c10-8(14-12)13-9(11)15-17-16-6-7-4-2-1-3-5-7/h1-5,12H,6H2. The van der Waals surface area contributed by atoms with Crippen LogP contribution in [0.1, 0.15) is 5.56 Å². The van der Waals surface area contributed by atoms with Crippen molar-refractivity contribution in [3.05, 3.63) is 35.9 Å². The van der Waals surface area contributed by atoms with Gasteiger partial charge >= 0.3 is 12.3 Å². The summed E-state index contributed by atoms with van der Waals surface area (Å²) in [6, 6.07) is 9.54. The van der Waals surface area contributed by atoms with Crippen LogP contribution >= 0.6 is 21.9 Å². The Hall–Kier alpha value is -1.38. The van der Waals surface area contributed by atoms with Gasteiger partial charge in [0.1, 0.15) is 11.1 Å². The monoisotopic (exact) mass is 276 g/mol. The molecule has 1 rings (SSSR count). The Labute approximate surface area is 105 Å². The van der Waals surface area contributed by atoms with E-state index in [0.717, 1.165) is 16.6 Å². The van der Waals surface area contributed by atoms with Crippen LogP contribution in [0.15, 0.2) is 30.3 Å². The zero-order chi connectivity index (χ0) is 12.5. The lowest BCUT2D eigenvalue weighted by molar-refractivity contribution is -0.195. The van der Waals surface area contributed by atoms with Gasteiger partial charge in [0.2, 0.25) is 0 Å². The van der Waals surface area contributed by atoms with Crippen molar-refractivity contribution in [2.45, 2.75) is 5.75 Å². The summed E-state index contributed by atoms with van der Waals surface area (Å²) in [5.41, 5.74) is 1.07. The van der Waals surface area contributed by atoms with Crippen LogP contribution in [0, 0.1) is 0 Å². The Bertz CT molecular complexity index is 369. The summed E-state index contributed by atoms with van der Waals surface area (Å²) in [4.78, 5) is 24.1. The van der Waals surface area contributed by atoms with Crippen LogP contribution in [0.4, 0.5) is 9.59 Å². The Morgan fingerprint density at radius 2 is 1.88 bits per heavy atom. The maximum Gasteiger partial charge on any atom is 0.550 e.